The van der Waals surface area contributed by atoms with Gasteiger partial charge in [-0.3, -0.25) is 14.9 Å². The molecular formula is C27H39N3O4. The van der Waals surface area contributed by atoms with E-state index in [0.29, 0.717) is 6.54 Å². The lowest BCUT2D eigenvalue weighted by Gasteiger charge is -2.63. The van der Waals surface area contributed by atoms with E-state index in [-0.39, 0.29) is 42.1 Å². The Morgan fingerprint density at radius 2 is 1.97 bits per heavy atom. The van der Waals surface area contributed by atoms with Crippen molar-refractivity contribution in [3.8, 4) is 0 Å². The van der Waals surface area contributed by atoms with Gasteiger partial charge in [0.2, 0.25) is 5.91 Å². The zero-order valence-electron chi connectivity index (χ0n) is 23.5. The van der Waals surface area contributed by atoms with Crippen LogP contribution >= 0.6 is 0 Å². The number of nitrogens with one attached hydrogen (secondary N) is 2. The summed E-state index contributed by atoms with van der Waals surface area (Å²) in [5, 5.41) is 5.84. The summed E-state index contributed by atoms with van der Waals surface area (Å²) in [7, 11) is 0. The predicted molar refractivity (Wildman–Crippen MR) is 130 cm³/mol. The van der Waals surface area contributed by atoms with Gasteiger partial charge in [0.25, 0.3) is 0 Å². The Balaban J connectivity index is 1.87. The average molecular weight is 473 g/mol. The smallest absolute Gasteiger partial charge is 0.316 e. The number of imide groups is 1. The first-order valence-corrected chi connectivity index (χ1v) is 12.4. The summed E-state index contributed by atoms with van der Waals surface area (Å²) in [6.45, 7) is 5.13. The summed E-state index contributed by atoms with van der Waals surface area (Å²) in [4.78, 5) is 53.5. The second kappa shape index (κ2) is 8.74. The molecule has 0 aromatic carbocycles. The van der Waals surface area contributed by atoms with Gasteiger partial charge in [-0.2, -0.15) is 0 Å². The number of aldehydes is 1. The van der Waals surface area contributed by atoms with Crippen molar-refractivity contribution in [1.82, 2.24) is 15.5 Å². The number of hydrogen-bond donors (Lipinski definition) is 2. The van der Waals surface area contributed by atoms with E-state index in [1.807, 2.05) is 0 Å². The van der Waals surface area contributed by atoms with Gasteiger partial charge in [0.15, 0.2) is 5.78 Å². The number of amides is 3. The maximum Gasteiger partial charge on any atom is 0.325 e. The molecule has 1 spiro atoms. The van der Waals surface area contributed by atoms with E-state index in [0.717, 1.165) is 44.9 Å². The fraction of sp³-hybridized carbons (Fsp3) is 0.704. The lowest BCUT2D eigenvalue weighted by Crippen LogP contribution is -2.73. The summed E-state index contributed by atoms with van der Waals surface area (Å²) >= 11 is 0. The molecule has 2 heterocycles. The lowest BCUT2D eigenvalue weighted by atomic mass is 9.42. The maximum atomic E-state index is 15.3. The largest absolute Gasteiger partial charge is 0.325 e. The molecule has 4 rings (SSSR count). The van der Waals surface area contributed by atoms with Crippen LogP contribution in [0.25, 0.3) is 0 Å². The first-order chi connectivity index (χ1) is 17.2. The van der Waals surface area contributed by atoms with Crippen LogP contribution in [-0.2, 0) is 14.4 Å². The molecular weight excluding hydrogens is 430 g/mol. The van der Waals surface area contributed by atoms with Crippen molar-refractivity contribution in [3.63, 3.8) is 0 Å². The van der Waals surface area contributed by atoms with Gasteiger partial charge in [-0.25, -0.2) is 4.79 Å². The van der Waals surface area contributed by atoms with Crippen molar-refractivity contribution in [3.05, 3.63) is 23.8 Å². The molecule has 3 fully saturated rings. The first-order valence-electron chi connectivity index (χ1n) is 13.9. The lowest BCUT2D eigenvalue weighted by molar-refractivity contribution is -0.171. The zero-order valence-corrected chi connectivity index (χ0v) is 20.5. The zero-order chi connectivity index (χ0) is 27.3. The van der Waals surface area contributed by atoms with Crippen LogP contribution in [0, 0.1) is 22.2 Å². The van der Waals surface area contributed by atoms with E-state index in [9.17, 15) is 14.4 Å². The third-order valence-corrected chi connectivity index (χ3v) is 9.02. The van der Waals surface area contributed by atoms with Gasteiger partial charge in [-0.05, 0) is 56.3 Å². The minimum Gasteiger partial charge on any atom is -0.316 e. The minimum absolute atomic E-state index is 0.0134. The molecule has 34 heavy (non-hydrogen) atoms. The number of piperidine rings is 1. The van der Waals surface area contributed by atoms with Crippen molar-refractivity contribution >= 4 is 24.0 Å². The highest BCUT2D eigenvalue weighted by atomic mass is 16.2. The quantitative estimate of drug-likeness (QED) is 0.610. The van der Waals surface area contributed by atoms with Crippen LogP contribution in [0.1, 0.15) is 76.7 Å². The van der Waals surface area contributed by atoms with Crippen LogP contribution in [0.5, 0.6) is 0 Å². The van der Waals surface area contributed by atoms with Gasteiger partial charge in [0, 0.05) is 36.0 Å². The number of rotatable bonds is 4. The highest BCUT2D eigenvalue weighted by Crippen LogP contribution is 2.63. The van der Waals surface area contributed by atoms with Crippen molar-refractivity contribution in [2.75, 3.05) is 19.6 Å². The Bertz CT molecular complexity index is 1040. The Morgan fingerprint density at radius 1 is 1.24 bits per heavy atom. The van der Waals surface area contributed by atoms with Crippen molar-refractivity contribution in [1.29, 1.82) is 0 Å². The van der Waals surface area contributed by atoms with Crippen LogP contribution in [-0.4, -0.2) is 54.1 Å². The van der Waals surface area contributed by atoms with Crippen LogP contribution in [0.4, 0.5) is 4.79 Å². The van der Waals surface area contributed by atoms with E-state index >= 15 is 4.79 Å². The Kier molecular flexibility index (Phi) is 5.41. The van der Waals surface area contributed by atoms with E-state index in [1.54, 1.807) is 12.2 Å². The first kappa shape index (κ1) is 21.0. The molecule has 2 aliphatic heterocycles. The molecule has 0 bridgehead atoms. The molecule has 4 aliphatic rings. The fourth-order valence-electron chi connectivity index (χ4n) is 7.17. The van der Waals surface area contributed by atoms with Crippen molar-refractivity contribution < 1.29 is 23.3 Å². The summed E-state index contributed by atoms with van der Waals surface area (Å²) in [5.74, 6) is -0.526. The molecule has 2 saturated heterocycles. The van der Waals surface area contributed by atoms with E-state index in [4.69, 9.17) is 4.11 Å². The summed E-state index contributed by atoms with van der Waals surface area (Å²) < 4.78 is 23.6. The fourth-order valence-corrected chi connectivity index (χ4v) is 7.17. The van der Waals surface area contributed by atoms with Crippen LogP contribution in [0.3, 0.4) is 0 Å². The molecule has 7 heteroatoms. The number of urea groups is 1. The molecule has 0 aromatic heterocycles. The van der Waals surface area contributed by atoms with Gasteiger partial charge >= 0.3 is 6.03 Å². The normalized spacial score (nSPS) is 38.4. The SMILES string of the molecule is [2H]C([2H])([2H])C1=CCC(C(=O)C2(C(C)(C)C)CNCCC23CCC(C=O)CC3)(N2CCC(=O)NC2=O)C=C1. The number of hydrogen-bond acceptors (Lipinski definition) is 5. The number of ketones is 1. The summed E-state index contributed by atoms with van der Waals surface area (Å²) in [5.41, 5.74) is -3.08. The van der Waals surface area contributed by atoms with Gasteiger partial charge in [-0.15, -0.1) is 0 Å². The molecule has 2 N–H and O–H groups in total. The summed E-state index contributed by atoms with van der Waals surface area (Å²) in [6, 6.07) is -0.633. The van der Waals surface area contributed by atoms with E-state index < -0.39 is 35.2 Å². The molecule has 0 radical (unpaired) electrons. The highest BCUT2D eigenvalue weighted by molar-refractivity contribution is 6.04. The monoisotopic (exact) mass is 472 g/mol. The van der Waals surface area contributed by atoms with E-state index in [2.05, 4.69) is 31.4 Å². The van der Waals surface area contributed by atoms with Crippen LogP contribution in [0.2, 0.25) is 0 Å². The van der Waals surface area contributed by atoms with Gasteiger partial charge in [0.1, 0.15) is 11.8 Å². The third-order valence-electron chi connectivity index (χ3n) is 9.02. The third kappa shape index (κ3) is 3.67. The van der Waals surface area contributed by atoms with Gasteiger partial charge in [0.05, 0.1) is 5.41 Å². The Labute approximate surface area is 207 Å². The topological polar surface area (TPSA) is 95.6 Å². The molecule has 7 nitrogen and oxygen atoms in total. The molecule has 3 amide bonds. The summed E-state index contributed by atoms with van der Waals surface area (Å²) in [6.07, 6.45) is 9.43. The molecule has 2 unspecified atom stereocenters. The number of allylic oxidation sites excluding steroid dienone is 2. The standard InChI is InChI=1S/C27H39N3O4/c1-19-5-12-26(13-6-19,30-16-9-21(32)29-23(30)34)22(33)27(24(2,3)4)18-28-15-14-25(27)10-7-20(17-31)8-11-25/h5-6,12,17,20,28H,7-11,13-16,18H2,1-4H3,(H,29,32,34)/i1D3. The van der Waals surface area contributed by atoms with E-state index in [1.165, 1.54) is 11.0 Å². The molecule has 0 aromatic rings. The second-order valence-corrected chi connectivity index (χ2v) is 11.5. The molecule has 2 atom stereocenters. The minimum atomic E-state index is -2.34. The van der Waals surface area contributed by atoms with Gasteiger partial charge < -0.3 is 15.0 Å². The number of carbonyl (C=O) groups excluding carboxylic acids is 4. The molecule has 2 aliphatic carbocycles. The molecule has 186 valence electrons. The molecule has 1 saturated carbocycles. The van der Waals surface area contributed by atoms with Crippen molar-refractivity contribution in [2.24, 2.45) is 22.2 Å². The Morgan fingerprint density at radius 3 is 2.53 bits per heavy atom. The number of nitrogens with zero attached hydrogens (tertiary/aromatic N) is 1. The second-order valence-electron chi connectivity index (χ2n) is 11.5. The van der Waals surface area contributed by atoms with Gasteiger partial charge in [-0.1, -0.05) is 44.6 Å². The predicted octanol–water partition coefficient (Wildman–Crippen LogP) is 3.54. The average Bonchev–Trinajstić information content (AvgIpc) is 2.83. The van der Waals surface area contributed by atoms with Crippen LogP contribution in [0.15, 0.2) is 23.8 Å². The van der Waals surface area contributed by atoms with Crippen molar-refractivity contribution in [2.45, 2.75) is 78.1 Å². The Hall–Kier alpha value is -2.28. The highest BCUT2D eigenvalue weighted by Gasteiger charge is 2.67. The number of carbonyl (C=O) groups is 4. The maximum absolute atomic E-state index is 15.3. The number of Topliss-reactive ketones (excluding diaryl/α,β-unsaturated/α-hetero) is 1. The van der Waals surface area contributed by atoms with Crippen LogP contribution < -0.4 is 10.6 Å².